The highest BCUT2D eigenvalue weighted by molar-refractivity contribution is 7.93. The van der Waals surface area contributed by atoms with Gasteiger partial charge in [0.15, 0.2) is 0 Å². The molecule has 1 N–H and O–H groups in total. The number of nitrogens with one attached hydrogen (secondary N) is 1. The van der Waals surface area contributed by atoms with Crippen LogP contribution in [0.25, 0.3) is 10.1 Å². The molecule has 0 saturated heterocycles. The van der Waals surface area contributed by atoms with E-state index in [0.29, 0.717) is 11.1 Å². The maximum absolute atomic E-state index is 12.8. The third kappa shape index (κ3) is 2.39. The van der Waals surface area contributed by atoms with Crippen LogP contribution in [-0.4, -0.2) is 8.42 Å². The molecule has 0 unspecified atom stereocenters. The number of halogens is 1. The van der Waals surface area contributed by atoms with Crippen LogP contribution in [0.4, 0.5) is 10.1 Å². The zero-order valence-electron chi connectivity index (χ0n) is 10.2. The molecule has 102 valence electrons. The third-order valence-corrected chi connectivity index (χ3v) is 5.37. The first-order chi connectivity index (χ1) is 9.56. The van der Waals surface area contributed by atoms with E-state index >= 15 is 0 Å². The van der Waals surface area contributed by atoms with Gasteiger partial charge in [0.25, 0.3) is 10.0 Å². The van der Waals surface area contributed by atoms with Crippen LogP contribution in [0.2, 0.25) is 0 Å². The second-order valence-corrected chi connectivity index (χ2v) is 6.77. The molecule has 3 nitrogen and oxygen atoms in total. The molecule has 2 aromatic carbocycles. The molecule has 3 rings (SSSR count). The fraction of sp³-hybridized carbons (Fsp3) is 0. The second kappa shape index (κ2) is 4.88. The first-order valence-electron chi connectivity index (χ1n) is 5.81. The lowest BCUT2D eigenvalue weighted by molar-refractivity contribution is 0.602. The van der Waals surface area contributed by atoms with Gasteiger partial charge in [-0.3, -0.25) is 4.72 Å². The van der Waals surface area contributed by atoms with Crippen LogP contribution >= 0.6 is 11.3 Å². The molecule has 0 amide bonds. The molecule has 0 spiro atoms. The summed E-state index contributed by atoms with van der Waals surface area (Å²) >= 11 is 1.37. The van der Waals surface area contributed by atoms with Gasteiger partial charge in [-0.05, 0) is 30.3 Å². The van der Waals surface area contributed by atoms with E-state index in [9.17, 15) is 12.8 Å². The van der Waals surface area contributed by atoms with Gasteiger partial charge in [-0.15, -0.1) is 11.3 Å². The fourth-order valence-electron chi connectivity index (χ4n) is 1.89. The molecule has 0 fully saturated rings. The molecule has 1 heterocycles. The number of hydrogen-bond acceptors (Lipinski definition) is 3. The quantitative estimate of drug-likeness (QED) is 0.799. The lowest BCUT2D eigenvalue weighted by atomic mass is 10.3. The minimum Gasteiger partial charge on any atom is -0.280 e. The van der Waals surface area contributed by atoms with Gasteiger partial charge in [-0.2, -0.15) is 0 Å². The van der Waals surface area contributed by atoms with E-state index in [1.54, 1.807) is 17.5 Å². The summed E-state index contributed by atoms with van der Waals surface area (Å²) < 4.78 is 40.9. The van der Waals surface area contributed by atoms with E-state index in [-0.39, 0.29) is 4.90 Å². The Kier molecular flexibility index (Phi) is 3.19. The second-order valence-electron chi connectivity index (χ2n) is 4.21. The van der Waals surface area contributed by atoms with Crippen LogP contribution in [0.15, 0.2) is 58.8 Å². The minimum atomic E-state index is -3.67. The number of anilines is 1. The van der Waals surface area contributed by atoms with Crippen molar-refractivity contribution in [1.29, 1.82) is 0 Å². The Morgan fingerprint density at radius 2 is 1.70 bits per heavy atom. The molecule has 0 bridgehead atoms. The normalized spacial score (nSPS) is 11.7. The summed E-state index contributed by atoms with van der Waals surface area (Å²) in [5, 5.41) is 2.29. The Bertz CT molecular complexity index is 854. The molecule has 1 aromatic heterocycles. The molecule has 3 aromatic rings. The summed E-state index contributed by atoms with van der Waals surface area (Å²) in [5.74, 6) is -0.408. The number of benzene rings is 2. The Morgan fingerprint density at radius 1 is 1.00 bits per heavy atom. The van der Waals surface area contributed by atoms with Crippen molar-refractivity contribution in [2.45, 2.75) is 4.90 Å². The molecular formula is C14H10FNO2S2. The van der Waals surface area contributed by atoms with Gasteiger partial charge in [0, 0.05) is 21.2 Å². The van der Waals surface area contributed by atoms with Crippen molar-refractivity contribution in [2.24, 2.45) is 0 Å². The molecule has 0 aliphatic heterocycles. The summed E-state index contributed by atoms with van der Waals surface area (Å²) in [6.07, 6.45) is 0. The van der Waals surface area contributed by atoms with Gasteiger partial charge in [0.2, 0.25) is 0 Å². The molecule has 0 atom stereocenters. The summed E-state index contributed by atoms with van der Waals surface area (Å²) in [7, 11) is -3.67. The Morgan fingerprint density at radius 3 is 2.45 bits per heavy atom. The van der Waals surface area contributed by atoms with E-state index in [4.69, 9.17) is 0 Å². The minimum absolute atomic E-state index is 0.238. The van der Waals surface area contributed by atoms with Gasteiger partial charge in [-0.1, -0.05) is 18.2 Å². The SMILES string of the molecule is O=S(=O)(Nc1ccc(F)cc1)c1csc2ccccc12. The lowest BCUT2D eigenvalue weighted by Crippen LogP contribution is -2.12. The number of sulfonamides is 1. The number of thiophene rings is 1. The van der Waals surface area contributed by atoms with Gasteiger partial charge >= 0.3 is 0 Å². The molecule has 6 heteroatoms. The van der Waals surface area contributed by atoms with Gasteiger partial charge in [-0.25, -0.2) is 12.8 Å². The fourth-order valence-corrected chi connectivity index (χ4v) is 4.45. The van der Waals surface area contributed by atoms with Gasteiger partial charge in [0.1, 0.15) is 10.7 Å². The number of fused-ring (bicyclic) bond motifs is 1. The van der Waals surface area contributed by atoms with Crippen molar-refractivity contribution in [3.05, 3.63) is 59.7 Å². The Labute approximate surface area is 119 Å². The smallest absolute Gasteiger partial charge is 0.263 e. The van der Waals surface area contributed by atoms with E-state index in [0.717, 1.165) is 4.70 Å². The molecule has 0 saturated carbocycles. The number of rotatable bonds is 3. The van der Waals surface area contributed by atoms with Crippen molar-refractivity contribution < 1.29 is 12.8 Å². The van der Waals surface area contributed by atoms with Crippen molar-refractivity contribution in [3.63, 3.8) is 0 Å². The standard InChI is InChI=1S/C14H10FNO2S2/c15-10-5-7-11(8-6-10)16-20(17,18)14-9-19-13-4-2-1-3-12(13)14/h1-9,16H. The maximum Gasteiger partial charge on any atom is 0.263 e. The van der Waals surface area contributed by atoms with Gasteiger partial charge in [0.05, 0.1) is 0 Å². The van der Waals surface area contributed by atoms with E-state index in [2.05, 4.69) is 4.72 Å². The first kappa shape index (κ1) is 13.1. The molecule has 20 heavy (non-hydrogen) atoms. The highest BCUT2D eigenvalue weighted by atomic mass is 32.2. The van der Waals surface area contributed by atoms with E-state index in [1.165, 1.54) is 35.6 Å². The van der Waals surface area contributed by atoms with Crippen LogP contribution in [0.3, 0.4) is 0 Å². The van der Waals surface area contributed by atoms with Crippen LogP contribution in [-0.2, 0) is 10.0 Å². The Balaban J connectivity index is 2.01. The van der Waals surface area contributed by atoms with Crippen LogP contribution < -0.4 is 4.72 Å². The third-order valence-electron chi connectivity index (χ3n) is 2.83. The lowest BCUT2D eigenvalue weighted by Gasteiger charge is -2.07. The van der Waals surface area contributed by atoms with Crippen LogP contribution in [0, 0.1) is 5.82 Å². The van der Waals surface area contributed by atoms with E-state index in [1.807, 2.05) is 12.1 Å². The first-order valence-corrected chi connectivity index (χ1v) is 8.17. The summed E-state index contributed by atoms with van der Waals surface area (Å²) in [6.45, 7) is 0. The predicted molar refractivity (Wildman–Crippen MR) is 79.0 cm³/mol. The summed E-state index contributed by atoms with van der Waals surface area (Å²) in [6, 6.07) is 12.5. The highest BCUT2D eigenvalue weighted by Crippen LogP contribution is 2.30. The Hall–Kier alpha value is -1.92. The average molecular weight is 307 g/mol. The molecule has 0 aliphatic carbocycles. The number of hydrogen-bond donors (Lipinski definition) is 1. The molecular weight excluding hydrogens is 297 g/mol. The van der Waals surface area contributed by atoms with Crippen molar-refractivity contribution >= 4 is 37.1 Å². The molecule has 0 aliphatic rings. The summed E-state index contributed by atoms with van der Waals surface area (Å²) in [5.41, 5.74) is 0.335. The van der Waals surface area contributed by atoms with Crippen LogP contribution in [0.5, 0.6) is 0 Å². The average Bonchev–Trinajstić information content (AvgIpc) is 2.86. The van der Waals surface area contributed by atoms with Crippen molar-refractivity contribution in [3.8, 4) is 0 Å². The topological polar surface area (TPSA) is 46.2 Å². The maximum atomic E-state index is 12.8. The van der Waals surface area contributed by atoms with Crippen LogP contribution in [0.1, 0.15) is 0 Å². The largest absolute Gasteiger partial charge is 0.280 e. The zero-order valence-corrected chi connectivity index (χ0v) is 11.8. The summed E-state index contributed by atoms with van der Waals surface area (Å²) in [4.78, 5) is 0.238. The van der Waals surface area contributed by atoms with Crippen molar-refractivity contribution in [2.75, 3.05) is 4.72 Å². The highest BCUT2D eigenvalue weighted by Gasteiger charge is 2.18. The van der Waals surface area contributed by atoms with E-state index < -0.39 is 15.8 Å². The van der Waals surface area contributed by atoms with Gasteiger partial charge < -0.3 is 0 Å². The monoisotopic (exact) mass is 307 g/mol. The van der Waals surface area contributed by atoms with Crippen molar-refractivity contribution in [1.82, 2.24) is 0 Å². The molecule has 0 radical (unpaired) electrons. The zero-order chi connectivity index (χ0) is 14.2. The predicted octanol–water partition coefficient (Wildman–Crippen LogP) is 3.84.